The molecule has 156 valence electrons. The second kappa shape index (κ2) is 7.41. The molecule has 0 radical (unpaired) electrons. The average Bonchev–Trinajstić information content (AvgIpc) is 3.07. The highest BCUT2D eigenvalue weighted by atomic mass is 127. The second-order valence-corrected chi connectivity index (χ2v) is 9.87. The molecular formula is C17H18IN2O8P. The first kappa shape index (κ1) is 20.9. The molecule has 0 aliphatic carbocycles. The fourth-order valence-corrected chi connectivity index (χ4v) is 4.87. The van der Waals surface area contributed by atoms with Crippen LogP contribution in [0.15, 0.2) is 40.1 Å². The van der Waals surface area contributed by atoms with Gasteiger partial charge in [-0.05, 0) is 41.6 Å². The summed E-state index contributed by atoms with van der Waals surface area (Å²) in [7, 11) is -4.89. The molecule has 2 aromatic rings. The van der Waals surface area contributed by atoms with Crippen LogP contribution in [0.3, 0.4) is 0 Å². The molecule has 1 aromatic carbocycles. The van der Waals surface area contributed by atoms with E-state index in [0.29, 0.717) is 5.56 Å². The number of rotatable bonds is 3. The molecule has 0 spiro atoms. The first-order chi connectivity index (χ1) is 13.6. The molecule has 12 heteroatoms. The number of aromatic nitrogens is 2. The zero-order valence-electron chi connectivity index (χ0n) is 15.1. The van der Waals surface area contributed by atoms with Gasteiger partial charge in [0.2, 0.25) is 0 Å². The minimum atomic E-state index is -4.89. The van der Waals surface area contributed by atoms with Crippen molar-refractivity contribution in [3.05, 3.63) is 66.0 Å². The topological polar surface area (TPSA) is 140 Å². The third-order valence-electron chi connectivity index (χ3n) is 4.98. The van der Waals surface area contributed by atoms with Gasteiger partial charge >= 0.3 is 18.8 Å². The highest BCUT2D eigenvalue weighted by molar-refractivity contribution is 14.1. The third-order valence-corrected chi connectivity index (χ3v) is 6.96. The average molecular weight is 536 g/mol. The molecule has 4 atom stereocenters. The fraction of sp³-hybridized carbons (Fsp3) is 0.412. The molecule has 29 heavy (non-hydrogen) atoms. The van der Waals surface area contributed by atoms with Gasteiger partial charge in [0.05, 0.1) is 12.7 Å². The largest absolute Gasteiger partial charge is 0.389 e. The molecule has 0 saturated carbocycles. The van der Waals surface area contributed by atoms with Gasteiger partial charge in [0.15, 0.2) is 0 Å². The van der Waals surface area contributed by atoms with Crippen LogP contribution >= 0.6 is 30.2 Å². The van der Waals surface area contributed by atoms with Crippen molar-refractivity contribution in [3.63, 3.8) is 0 Å². The third kappa shape index (κ3) is 3.65. The zero-order valence-corrected chi connectivity index (χ0v) is 18.2. The SMILES string of the molecule is Cc1cn([C@H]2C[C@H]3O[C@](c4ccc(I)cc4)(P(=O)(O)O)OC[C@H]3O2)c(=O)[nH]c1=O. The van der Waals surface area contributed by atoms with Crippen molar-refractivity contribution >= 4 is 30.2 Å². The summed E-state index contributed by atoms with van der Waals surface area (Å²) in [4.78, 5) is 46.1. The Kier molecular flexibility index (Phi) is 5.35. The van der Waals surface area contributed by atoms with Crippen LogP contribution in [0.2, 0.25) is 0 Å². The van der Waals surface area contributed by atoms with E-state index in [-0.39, 0.29) is 18.6 Å². The Morgan fingerprint density at radius 1 is 1.24 bits per heavy atom. The summed E-state index contributed by atoms with van der Waals surface area (Å²) in [5, 5.41) is 0. The van der Waals surface area contributed by atoms with Gasteiger partial charge in [-0.15, -0.1) is 0 Å². The Labute approximate surface area is 178 Å². The monoisotopic (exact) mass is 536 g/mol. The van der Waals surface area contributed by atoms with E-state index in [4.69, 9.17) is 14.2 Å². The maximum Gasteiger partial charge on any atom is 0.389 e. The zero-order chi connectivity index (χ0) is 21.0. The molecule has 10 nitrogen and oxygen atoms in total. The number of fused-ring (bicyclic) bond motifs is 1. The lowest BCUT2D eigenvalue weighted by molar-refractivity contribution is -0.282. The first-order valence-electron chi connectivity index (χ1n) is 8.72. The highest BCUT2D eigenvalue weighted by Crippen LogP contribution is 2.61. The van der Waals surface area contributed by atoms with Gasteiger partial charge in [-0.25, -0.2) is 4.79 Å². The van der Waals surface area contributed by atoms with E-state index in [9.17, 15) is 23.9 Å². The van der Waals surface area contributed by atoms with Crippen LogP contribution in [0.5, 0.6) is 0 Å². The number of ether oxygens (including phenoxy) is 3. The standard InChI is InChI=1S/C17H18IN2O8P/c1-9-7-20(16(22)19-15(9)21)14-6-12-13(27-14)8-26-17(28-12,29(23,24)25)10-2-4-11(18)5-3-10/h2-5,7,12-14H,6,8H2,1H3,(H,19,21,22)(H2,23,24,25)/t12-,13-,14-,17-/m1/s1. The van der Waals surface area contributed by atoms with Crippen molar-refractivity contribution in [3.8, 4) is 0 Å². The quantitative estimate of drug-likeness (QED) is 0.392. The van der Waals surface area contributed by atoms with Gasteiger partial charge in [-0.2, -0.15) is 0 Å². The second-order valence-electron chi connectivity index (χ2n) is 6.94. The van der Waals surface area contributed by atoms with Crippen LogP contribution in [-0.4, -0.2) is 38.2 Å². The van der Waals surface area contributed by atoms with Gasteiger partial charge in [-0.3, -0.25) is 18.9 Å². The Hall–Kier alpha value is -1.34. The van der Waals surface area contributed by atoms with Gasteiger partial charge in [0.25, 0.3) is 5.56 Å². The predicted octanol–water partition coefficient (Wildman–Crippen LogP) is 1.14. The van der Waals surface area contributed by atoms with Crippen LogP contribution < -0.4 is 11.2 Å². The molecule has 0 amide bonds. The van der Waals surface area contributed by atoms with Crippen molar-refractivity contribution in [2.75, 3.05) is 6.61 Å². The summed E-state index contributed by atoms with van der Waals surface area (Å²) < 4.78 is 31.7. The molecular weight excluding hydrogens is 518 g/mol. The summed E-state index contributed by atoms with van der Waals surface area (Å²) in [6.45, 7) is 1.43. The normalized spacial score (nSPS) is 29.6. The van der Waals surface area contributed by atoms with E-state index in [1.165, 1.54) is 10.8 Å². The summed E-state index contributed by atoms with van der Waals surface area (Å²) >= 11 is 2.08. The molecule has 2 fully saturated rings. The maximum absolute atomic E-state index is 12.4. The molecule has 0 bridgehead atoms. The van der Waals surface area contributed by atoms with Gasteiger partial charge < -0.3 is 24.0 Å². The first-order valence-corrected chi connectivity index (χ1v) is 11.4. The molecule has 1 aromatic heterocycles. The highest BCUT2D eigenvalue weighted by Gasteiger charge is 2.59. The minimum absolute atomic E-state index is 0.130. The van der Waals surface area contributed by atoms with Crippen molar-refractivity contribution in [1.29, 1.82) is 0 Å². The van der Waals surface area contributed by atoms with E-state index in [0.717, 1.165) is 3.57 Å². The van der Waals surface area contributed by atoms with Crippen molar-refractivity contribution in [2.24, 2.45) is 0 Å². The van der Waals surface area contributed by atoms with E-state index >= 15 is 0 Å². The molecule has 3 N–H and O–H groups in total. The summed E-state index contributed by atoms with van der Waals surface area (Å²) in [5.74, 6) is 0. The molecule has 2 aliphatic rings. The summed E-state index contributed by atoms with van der Waals surface area (Å²) in [6, 6.07) is 6.49. The number of aromatic amines is 1. The van der Waals surface area contributed by atoms with Gasteiger partial charge in [-0.1, -0.05) is 12.1 Å². The Balaban J connectivity index is 1.66. The molecule has 2 aliphatic heterocycles. The number of benzene rings is 1. The number of nitrogens with one attached hydrogen (secondary N) is 1. The Bertz CT molecular complexity index is 1090. The van der Waals surface area contributed by atoms with Crippen LogP contribution in [0, 0.1) is 10.5 Å². The number of nitrogens with zero attached hydrogens (tertiary/aromatic N) is 1. The number of hydrogen-bond donors (Lipinski definition) is 3. The molecule has 2 saturated heterocycles. The van der Waals surface area contributed by atoms with Crippen molar-refractivity contribution in [2.45, 2.75) is 37.3 Å². The number of hydrogen-bond acceptors (Lipinski definition) is 6. The lowest BCUT2D eigenvalue weighted by Crippen LogP contribution is -2.48. The van der Waals surface area contributed by atoms with Gasteiger partial charge in [0.1, 0.15) is 12.3 Å². The summed E-state index contributed by atoms with van der Waals surface area (Å²) in [5.41, 5.74) is -2.83. The molecule has 0 unspecified atom stereocenters. The summed E-state index contributed by atoms with van der Waals surface area (Å²) in [6.07, 6.45) is -0.561. The predicted molar refractivity (Wildman–Crippen MR) is 108 cm³/mol. The van der Waals surface area contributed by atoms with E-state index < -0.39 is 42.8 Å². The Morgan fingerprint density at radius 2 is 1.93 bits per heavy atom. The number of halogens is 1. The Morgan fingerprint density at radius 3 is 2.59 bits per heavy atom. The lowest BCUT2D eigenvalue weighted by Gasteiger charge is -2.41. The van der Waals surface area contributed by atoms with Crippen LogP contribution in [0.1, 0.15) is 23.8 Å². The van der Waals surface area contributed by atoms with Crippen molar-refractivity contribution < 1.29 is 28.6 Å². The number of H-pyrrole nitrogens is 1. The van der Waals surface area contributed by atoms with Crippen LogP contribution in [0.4, 0.5) is 0 Å². The van der Waals surface area contributed by atoms with Gasteiger partial charge in [0, 0.05) is 27.3 Å². The smallest absolute Gasteiger partial charge is 0.349 e. The van der Waals surface area contributed by atoms with Crippen LogP contribution in [0.25, 0.3) is 0 Å². The lowest BCUT2D eigenvalue weighted by atomic mass is 10.1. The molecule has 4 rings (SSSR count). The van der Waals surface area contributed by atoms with E-state index in [1.807, 2.05) is 0 Å². The minimum Gasteiger partial charge on any atom is -0.349 e. The van der Waals surface area contributed by atoms with E-state index in [2.05, 4.69) is 27.6 Å². The maximum atomic E-state index is 12.4. The molecule has 3 heterocycles. The fourth-order valence-electron chi connectivity index (χ4n) is 3.51. The van der Waals surface area contributed by atoms with Crippen LogP contribution in [-0.2, 0) is 24.3 Å². The van der Waals surface area contributed by atoms with Crippen molar-refractivity contribution in [1.82, 2.24) is 9.55 Å². The number of aryl methyl sites for hydroxylation is 1. The van der Waals surface area contributed by atoms with E-state index in [1.54, 1.807) is 31.2 Å².